The first-order valence-corrected chi connectivity index (χ1v) is 23.7. The highest BCUT2D eigenvalue weighted by atomic mass is 15.1. The number of rotatable bonds is 9. The second kappa shape index (κ2) is 16.9. The van der Waals surface area contributed by atoms with Crippen molar-refractivity contribution in [2.24, 2.45) is 0 Å². The maximum Gasteiger partial charge on any atom is 0.0541 e. The molecular formula is C66H45N3. The van der Waals surface area contributed by atoms with Gasteiger partial charge in [-0.25, -0.2) is 0 Å². The Morgan fingerprint density at radius 2 is 0.638 bits per heavy atom. The lowest BCUT2D eigenvalue weighted by Gasteiger charge is -2.29. The molecule has 0 bridgehead atoms. The molecular weight excluding hydrogens is 835 g/mol. The van der Waals surface area contributed by atoms with E-state index in [9.17, 15) is 0 Å². The zero-order valence-corrected chi connectivity index (χ0v) is 37.8. The highest BCUT2D eigenvalue weighted by Gasteiger charge is 2.22. The molecule has 0 radical (unpaired) electrons. The lowest BCUT2D eigenvalue weighted by atomic mass is 9.98. The highest BCUT2D eigenvalue weighted by molar-refractivity contribution is 6.13. The van der Waals surface area contributed by atoms with Crippen LogP contribution >= 0.6 is 0 Å². The molecule has 2 heterocycles. The van der Waals surface area contributed by atoms with E-state index in [1.807, 2.05) is 0 Å². The first-order valence-electron chi connectivity index (χ1n) is 23.7. The van der Waals surface area contributed by atoms with Crippen molar-refractivity contribution in [3.63, 3.8) is 0 Å². The van der Waals surface area contributed by atoms with Gasteiger partial charge in [-0.05, 0) is 118 Å². The predicted molar refractivity (Wildman–Crippen MR) is 292 cm³/mol. The fourth-order valence-electron chi connectivity index (χ4n) is 10.5. The summed E-state index contributed by atoms with van der Waals surface area (Å²) in [6.45, 7) is 0. The van der Waals surface area contributed by atoms with Gasteiger partial charge >= 0.3 is 0 Å². The van der Waals surface area contributed by atoms with E-state index in [0.717, 1.165) is 45.1 Å². The average molecular weight is 880 g/mol. The maximum atomic E-state index is 2.46. The van der Waals surface area contributed by atoms with Crippen molar-refractivity contribution in [3.05, 3.63) is 273 Å². The Balaban J connectivity index is 0.951. The Kier molecular flexibility index (Phi) is 9.84. The Hall–Kier alpha value is -9.18. The van der Waals surface area contributed by atoms with Crippen LogP contribution in [0, 0.1) is 0 Å². The number of nitrogens with zero attached hydrogens (tertiary/aromatic N) is 3. The largest absolute Gasteiger partial charge is 0.310 e. The van der Waals surface area contributed by atoms with E-state index in [-0.39, 0.29) is 0 Å². The average Bonchev–Trinajstić information content (AvgIpc) is 3.94. The first kappa shape index (κ1) is 40.1. The van der Waals surface area contributed by atoms with Crippen LogP contribution in [0.4, 0.5) is 17.1 Å². The Bertz CT molecular complexity index is 3900. The summed E-state index contributed by atoms with van der Waals surface area (Å²) in [5, 5.41) is 4.93. The van der Waals surface area contributed by atoms with Gasteiger partial charge < -0.3 is 14.0 Å². The third-order valence-electron chi connectivity index (χ3n) is 13.7. The number of anilines is 3. The molecule has 13 rings (SSSR count). The number of hydrogen-bond donors (Lipinski definition) is 0. The molecule has 0 fully saturated rings. The Morgan fingerprint density at radius 3 is 1.20 bits per heavy atom. The van der Waals surface area contributed by atoms with Gasteiger partial charge in [0.1, 0.15) is 0 Å². The Labute approximate surface area is 401 Å². The molecule has 69 heavy (non-hydrogen) atoms. The molecule has 2 aromatic heterocycles. The van der Waals surface area contributed by atoms with E-state index in [4.69, 9.17) is 0 Å². The van der Waals surface area contributed by atoms with Crippen LogP contribution in [0.5, 0.6) is 0 Å². The van der Waals surface area contributed by atoms with Gasteiger partial charge in [-0.1, -0.05) is 188 Å². The molecule has 3 heteroatoms. The lowest BCUT2D eigenvalue weighted by molar-refractivity contribution is 1.18. The molecule has 11 aromatic carbocycles. The molecule has 0 aliphatic heterocycles. The summed E-state index contributed by atoms with van der Waals surface area (Å²) in [6, 6.07) is 99.1. The number of hydrogen-bond acceptors (Lipinski definition) is 1. The minimum atomic E-state index is 1.08. The summed E-state index contributed by atoms with van der Waals surface area (Å²) in [5.74, 6) is 0. The smallest absolute Gasteiger partial charge is 0.0541 e. The molecule has 0 amide bonds. The summed E-state index contributed by atoms with van der Waals surface area (Å²) in [6.07, 6.45) is 0. The predicted octanol–water partition coefficient (Wildman–Crippen LogP) is 18.0. The van der Waals surface area contributed by atoms with Crippen LogP contribution in [0.15, 0.2) is 273 Å². The molecule has 0 N–H and O–H groups in total. The maximum absolute atomic E-state index is 2.46. The van der Waals surface area contributed by atoms with Crippen LogP contribution < -0.4 is 4.90 Å². The van der Waals surface area contributed by atoms with Crippen molar-refractivity contribution in [3.8, 4) is 55.9 Å². The van der Waals surface area contributed by atoms with Crippen molar-refractivity contribution >= 4 is 60.7 Å². The second-order valence-electron chi connectivity index (χ2n) is 17.7. The van der Waals surface area contributed by atoms with E-state index in [2.05, 4.69) is 287 Å². The van der Waals surface area contributed by atoms with Gasteiger partial charge in [0.05, 0.1) is 33.4 Å². The van der Waals surface area contributed by atoms with Crippen LogP contribution in [0.1, 0.15) is 0 Å². The summed E-state index contributed by atoms with van der Waals surface area (Å²) in [4.78, 5) is 2.40. The van der Waals surface area contributed by atoms with Gasteiger partial charge in [0.25, 0.3) is 0 Å². The minimum Gasteiger partial charge on any atom is -0.310 e. The zero-order valence-electron chi connectivity index (χ0n) is 37.8. The molecule has 13 aromatic rings. The van der Waals surface area contributed by atoms with E-state index < -0.39 is 0 Å². The molecule has 0 aliphatic carbocycles. The first-order chi connectivity index (χ1) is 34.2. The minimum absolute atomic E-state index is 1.08. The van der Waals surface area contributed by atoms with Crippen LogP contribution in [-0.2, 0) is 0 Å². The summed E-state index contributed by atoms with van der Waals surface area (Å²) < 4.78 is 4.84. The normalized spacial score (nSPS) is 11.5. The quantitative estimate of drug-likeness (QED) is 0.141. The van der Waals surface area contributed by atoms with Gasteiger partial charge in [0.15, 0.2) is 0 Å². The van der Waals surface area contributed by atoms with Crippen molar-refractivity contribution in [2.75, 3.05) is 4.90 Å². The summed E-state index contributed by atoms with van der Waals surface area (Å²) >= 11 is 0. The van der Waals surface area contributed by atoms with Crippen LogP contribution in [-0.4, -0.2) is 9.13 Å². The Morgan fingerprint density at radius 1 is 0.246 bits per heavy atom. The molecule has 0 unspecified atom stereocenters. The van der Waals surface area contributed by atoms with E-state index in [1.54, 1.807) is 0 Å². The van der Waals surface area contributed by atoms with Gasteiger partial charge in [-0.3, -0.25) is 0 Å². The number of aromatic nitrogens is 2. The third kappa shape index (κ3) is 6.99. The number of para-hydroxylation sites is 5. The molecule has 0 spiro atoms. The molecule has 0 saturated heterocycles. The molecule has 0 saturated carbocycles. The third-order valence-corrected chi connectivity index (χ3v) is 13.7. The van der Waals surface area contributed by atoms with Gasteiger partial charge in [0.2, 0.25) is 0 Å². The standard InChI is InChI=1S/C66H45N3/c1-4-18-46(19-5-1)48-32-38-53(39-33-48)67(54-40-34-49(35-41-54)47-20-6-2-7-21-47)61-28-14-10-24-55(61)56-25-11-16-30-63(56)69-64-31-17-13-27-58(64)60-45-51(37-43-66(60)69)50-36-42-65-59(44-50)57-26-12-15-29-62(57)68(65)52-22-8-3-9-23-52/h1-45H. The van der Waals surface area contributed by atoms with E-state index >= 15 is 0 Å². The van der Waals surface area contributed by atoms with Crippen molar-refractivity contribution < 1.29 is 0 Å². The lowest BCUT2D eigenvalue weighted by Crippen LogP contribution is -2.11. The highest BCUT2D eigenvalue weighted by Crippen LogP contribution is 2.45. The van der Waals surface area contributed by atoms with Crippen LogP contribution in [0.2, 0.25) is 0 Å². The van der Waals surface area contributed by atoms with Crippen molar-refractivity contribution in [2.45, 2.75) is 0 Å². The molecule has 0 aliphatic rings. The molecule has 0 atom stereocenters. The van der Waals surface area contributed by atoms with Crippen LogP contribution in [0.3, 0.4) is 0 Å². The molecule has 324 valence electrons. The summed E-state index contributed by atoms with van der Waals surface area (Å²) in [5.41, 5.74) is 19.7. The van der Waals surface area contributed by atoms with E-state index in [1.165, 1.54) is 71.5 Å². The van der Waals surface area contributed by atoms with Crippen molar-refractivity contribution in [1.82, 2.24) is 9.13 Å². The zero-order chi connectivity index (χ0) is 45.7. The SMILES string of the molecule is c1ccc(-c2ccc(N(c3ccc(-c4ccccc4)cc3)c3ccccc3-c3ccccc3-n3c4ccccc4c4cc(-c5ccc6c(c5)c5ccccc5n6-c5ccccc5)ccc43)cc2)cc1. The van der Waals surface area contributed by atoms with Crippen molar-refractivity contribution in [1.29, 1.82) is 0 Å². The number of fused-ring (bicyclic) bond motifs is 6. The number of benzene rings is 11. The van der Waals surface area contributed by atoms with E-state index in [0.29, 0.717) is 0 Å². The fraction of sp³-hybridized carbons (Fsp3) is 0. The topological polar surface area (TPSA) is 13.1 Å². The molecule has 3 nitrogen and oxygen atoms in total. The second-order valence-corrected chi connectivity index (χ2v) is 17.7. The fourth-order valence-corrected chi connectivity index (χ4v) is 10.5. The van der Waals surface area contributed by atoms with Gasteiger partial charge in [-0.2, -0.15) is 0 Å². The van der Waals surface area contributed by atoms with Crippen LogP contribution in [0.25, 0.3) is 99.5 Å². The van der Waals surface area contributed by atoms with Gasteiger partial charge in [0, 0.05) is 49.7 Å². The monoisotopic (exact) mass is 879 g/mol. The van der Waals surface area contributed by atoms with Gasteiger partial charge in [-0.15, -0.1) is 0 Å². The summed E-state index contributed by atoms with van der Waals surface area (Å²) in [7, 11) is 0.